The number of carbonyl (C=O) groups is 1. The van der Waals surface area contributed by atoms with E-state index in [1.807, 2.05) is 0 Å². The maximum Gasteiger partial charge on any atom is 0.418 e. The van der Waals surface area contributed by atoms with Gasteiger partial charge in [-0.15, -0.1) is 0 Å². The van der Waals surface area contributed by atoms with Gasteiger partial charge >= 0.3 is 6.18 Å². The van der Waals surface area contributed by atoms with E-state index in [0.29, 0.717) is 5.16 Å². The van der Waals surface area contributed by atoms with Gasteiger partial charge in [-0.1, -0.05) is 23.4 Å². The van der Waals surface area contributed by atoms with Crippen LogP contribution in [0.15, 0.2) is 35.6 Å². The number of aryl methyl sites for hydroxylation is 1. The van der Waals surface area contributed by atoms with Crippen LogP contribution in [0.2, 0.25) is 5.02 Å². The number of hydrogen-bond donors (Lipinski definition) is 1. The topological polar surface area (TPSA) is 54.9 Å². The molecule has 0 fully saturated rings. The molecular weight excluding hydrogens is 351 g/mol. The molecule has 0 bridgehead atoms. The molecule has 122 valence electrons. The van der Waals surface area contributed by atoms with E-state index in [2.05, 4.69) is 15.3 Å². The van der Waals surface area contributed by atoms with Crippen LogP contribution in [-0.4, -0.2) is 21.6 Å². The molecular formula is C14H11ClF3N3OS. The second kappa shape index (κ2) is 7.18. The highest BCUT2D eigenvalue weighted by atomic mass is 35.5. The Hall–Kier alpha value is -1.80. The molecule has 2 rings (SSSR count). The largest absolute Gasteiger partial charge is 0.418 e. The summed E-state index contributed by atoms with van der Waals surface area (Å²) in [5, 5.41) is 2.56. The molecule has 23 heavy (non-hydrogen) atoms. The summed E-state index contributed by atoms with van der Waals surface area (Å²) in [4.78, 5) is 19.9. The number of benzene rings is 1. The lowest BCUT2D eigenvalue weighted by atomic mass is 10.1. The molecule has 1 aromatic carbocycles. The maximum absolute atomic E-state index is 12.9. The fraction of sp³-hybridized carbons (Fsp3) is 0.214. The third-order valence-corrected chi connectivity index (χ3v) is 3.76. The van der Waals surface area contributed by atoms with Gasteiger partial charge in [-0.25, -0.2) is 9.97 Å². The van der Waals surface area contributed by atoms with Crippen LogP contribution in [0.4, 0.5) is 18.9 Å². The molecule has 0 spiro atoms. The van der Waals surface area contributed by atoms with E-state index in [1.165, 1.54) is 6.07 Å². The van der Waals surface area contributed by atoms with Gasteiger partial charge in [-0.2, -0.15) is 13.2 Å². The first-order valence-electron chi connectivity index (χ1n) is 6.35. The molecule has 0 aliphatic carbocycles. The van der Waals surface area contributed by atoms with Crippen molar-refractivity contribution in [1.29, 1.82) is 0 Å². The molecule has 1 aromatic heterocycles. The molecule has 1 heterocycles. The van der Waals surface area contributed by atoms with E-state index in [1.54, 1.807) is 19.2 Å². The molecule has 1 amide bonds. The summed E-state index contributed by atoms with van der Waals surface area (Å²) < 4.78 is 38.8. The van der Waals surface area contributed by atoms with Gasteiger partial charge in [-0.05, 0) is 31.2 Å². The molecule has 4 nitrogen and oxygen atoms in total. The van der Waals surface area contributed by atoms with Gasteiger partial charge in [-0.3, -0.25) is 4.79 Å². The van der Waals surface area contributed by atoms with Crippen molar-refractivity contribution in [2.75, 3.05) is 11.1 Å². The van der Waals surface area contributed by atoms with Gasteiger partial charge < -0.3 is 5.32 Å². The van der Waals surface area contributed by atoms with E-state index in [4.69, 9.17) is 11.6 Å². The number of hydrogen-bond acceptors (Lipinski definition) is 4. The predicted molar refractivity (Wildman–Crippen MR) is 82.6 cm³/mol. The summed E-state index contributed by atoms with van der Waals surface area (Å²) in [5.74, 6) is -0.698. The lowest BCUT2D eigenvalue weighted by molar-refractivity contribution is -0.137. The SMILES string of the molecule is Cc1ccnc(SCC(=O)Nc2ccc(Cl)cc2C(F)(F)F)n1. The van der Waals surface area contributed by atoms with Gasteiger partial charge in [0.15, 0.2) is 5.16 Å². The number of thioether (sulfide) groups is 1. The molecule has 9 heteroatoms. The average molecular weight is 362 g/mol. The first-order valence-corrected chi connectivity index (χ1v) is 7.71. The fourth-order valence-corrected chi connectivity index (χ4v) is 2.52. The number of carbonyl (C=O) groups excluding carboxylic acids is 1. The Morgan fingerprint density at radius 3 is 2.74 bits per heavy atom. The number of anilines is 1. The standard InChI is InChI=1S/C14H11ClF3N3OS/c1-8-4-5-19-13(20-8)23-7-12(22)21-11-3-2-9(15)6-10(11)14(16,17)18/h2-6H,7H2,1H3,(H,21,22). The summed E-state index contributed by atoms with van der Waals surface area (Å²) in [6.45, 7) is 1.77. The van der Waals surface area contributed by atoms with Gasteiger partial charge in [0.05, 0.1) is 17.0 Å². The monoisotopic (exact) mass is 361 g/mol. The summed E-state index contributed by atoms with van der Waals surface area (Å²) in [5.41, 5.74) is -0.590. The Bertz CT molecular complexity index is 725. The number of nitrogens with zero attached hydrogens (tertiary/aromatic N) is 2. The highest BCUT2D eigenvalue weighted by molar-refractivity contribution is 7.99. The van der Waals surface area contributed by atoms with Crippen molar-refractivity contribution in [3.8, 4) is 0 Å². The van der Waals surface area contributed by atoms with Gasteiger partial charge in [0, 0.05) is 16.9 Å². The van der Waals surface area contributed by atoms with Crippen LogP contribution in [-0.2, 0) is 11.0 Å². The Balaban J connectivity index is 2.06. The molecule has 0 unspecified atom stereocenters. The molecule has 0 saturated heterocycles. The second-order valence-electron chi connectivity index (χ2n) is 4.51. The molecule has 0 atom stereocenters. The van der Waals surface area contributed by atoms with Gasteiger partial charge in [0.25, 0.3) is 0 Å². The van der Waals surface area contributed by atoms with Crippen molar-refractivity contribution in [2.45, 2.75) is 18.3 Å². The highest BCUT2D eigenvalue weighted by Crippen LogP contribution is 2.36. The van der Waals surface area contributed by atoms with E-state index in [-0.39, 0.29) is 16.5 Å². The van der Waals surface area contributed by atoms with Crippen LogP contribution in [0.5, 0.6) is 0 Å². The average Bonchev–Trinajstić information content (AvgIpc) is 2.46. The minimum absolute atomic E-state index is 0.0575. The Morgan fingerprint density at radius 1 is 1.35 bits per heavy atom. The number of aromatic nitrogens is 2. The van der Waals surface area contributed by atoms with E-state index >= 15 is 0 Å². The van der Waals surface area contributed by atoms with Crippen LogP contribution in [0.1, 0.15) is 11.3 Å². The summed E-state index contributed by atoms with van der Waals surface area (Å²) >= 11 is 6.62. The minimum atomic E-state index is -4.61. The number of rotatable bonds is 4. The summed E-state index contributed by atoms with van der Waals surface area (Å²) in [6, 6.07) is 4.88. The highest BCUT2D eigenvalue weighted by Gasteiger charge is 2.34. The Morgan fingerprint density at radius 2 is 2.09 bits per heavy atom. The molecule has 0 saturated carbocycles. The molecule has 0 aliphatic heterocycles. The Kier molecular flexibility index (Phi) is 5.48. The third-order valence-electron chi connectivity index (χ3n) is 2.67. The first kappa shape index (κ1) is 17.6. The first-order chi connectivity index (χ1) is 10.8. The fourth-order valence-electron chi connectivity index (χ4n) is 1.67. The smallest absolute Gasteiger partial charge is 0.325 e. The number of amides is 1. The summed E-state index contributed by atoms with van der Waals surface area (Å²) in [7, 11) is 0. The maximum atomic E-state index is 12.9. The lowest BCUT2D eigenvalue weighted by Crippen LogP contribution is -2.18. The molecule has 0 aliphatic rings. The zero-order valence-electron chi connectivity index (χ0n) is 11.8. The second-order valence-corrected chi connectivity index (χ2v) is 5.88. The van der Waals surface area contributed by atoms with Crippen LogP contribution in [0, 0.1) is 6.92 Å². The number of nitrogens with one attached hydrogen (secondary N) is 1. The van der Waals surface area contributed by atoms with Crippen molar-refractivity contribution >= 4 is 35.0 Å². The van der Waals surface area contributed by atoms with E-state index < -0.39 is 17.6 Å². The number of halogens is 4. The predicted octanol–water partition coefficient (Wildman–Crippen LogP) is 4.19. The lowest BCUT2D eigenvalue weighted by Gasteiger charge is -2.14. The summed E-state index contributed by atoms with van der Waals surface area (Å²) in [6.07, 6.45) is -3.07. The Labute approximate surface area is 139 Å². The molecule has 0 radical (unpaired) electrons. The zero-order chi connectivity index (χ0) is 17.0. The normalized spacial score (nSPS) is 11.3. The third kappa shape index (κ3) is 5.11. The van der Waals surface area contributed by atoms with Crippen molar-refractivity contribution in [3.05, 3.63) is 46.7 Å². The van der Waals surface area contributed by atoms with Crippen molar-refractivity contribution in [3.63, 3.8) is 0 Å². The van der Waals surface area contributed by atoms with Crippen LogP contribution >= 0.6 is 23.4 Å². The van der Waals surface area contributed by atoms with Gasteiger partial charge in [0.2, 0.25) is 5.91 Å². The van der Waals surface area contributed by atoms with Crippen LogP contribution in [0.25, 0.3) is 0 Å². The van der Waals surface area contributed by atoms with Crippen molar-refractivity contribution in [1.82, 2.24) is 9.97 Å². The van der Waals surface area contributed by atoms with Gasteiger partial charge in [0.1, 0.15) is 0 Å². The van der Waals surface area contributed by atoms with Crippen molar-refractivity contribution < 1.29 is 18.0 Å². The zero-order valence-corrected chi connectivity index (χ0v) is 13.4. The minimum Gasteiger partial charge on any atom is -0.325 e. The van der Waals surface area contributed by atoms with E-state index in [0.717, 1.165) is 29.6 Å². The van der Waals surface area contributed by atoms with Crippen LogP contribution in [0.3, 0.4) is 0 Å². The molecule has 2 aromatic rings. The quantitative estimate of drug-likeness (QED) is 0.655. The van der Waals surface area contributed by atoms with E-state index in [9.17, 15) is 18.0 Å². The van der Waals surface area contributed by atoms with Crippen LogP contribution < -0.4 is 5.32 Å². The number of alkyl halides is 3. The molecule has 1 N–H and O–H groups in total. The van der Waals surface area contributed by atoms with Crippen molar-refractivity contribution in [2.24, 2.45) is 0 Å².